The molecular formula is C15H11N3O. The molecule has 2 rings (SSSR count). The van der Waals surface area contributed by atoms with Crippen LogP contribution in [0.3, 0.4) is 0 Å². The second-order valence-corrected chi connectivity index (χ2v) is 3.95. The van der Waals surface area contributed by atoms with E-state index in [1.54, 1.807) is 42.5 Å². The number of nitrogen functional groups attached to an aromatic ring is 1. The monoisotopic (exact) mass is 249 g/mol. The topological polar surface area (TPSA) is 82.8 Å². The number of nitrogens with two attached hydrogens (primary N) is 1. The van der Waals surface area contributed by atoms with Crippen LogP contribution in [-0.4, -0.2) is 0 Å². The number of nitrogens with zero attached hydrogens (tertiary/aromatic N) is 2. The maximum absolute atomic E-state index is 8.99. The molecule has 0 spiro atoms. The summed E-state index contributed by atoms with van der Waals surface area (Å²) in [7, 11) is 0. The van der Waals surface area contributed by atoms with Crippen molar-refractivity contribution in [2.75, 3.05) is 5.73 Å². The third-order valence-electron chi connectivity index (χ3n) is 2.63. The number of rotatable bonds is 3. The molecule has 0 radical (unpaired) electrons. The molecule has 0 heterocycles. The molecule has 2 aromatic carbocycles. The summed E-state index contributed by atoms with van der Waals surface area (Å²) in [6, 6.07) is 16.0. The minimum atomic E-state index is 0.264. The lowest BCUT2D eigenvalue weighted by Crippen LogP contribution is -1.99. The quantitative estimate of drug-likeness (QED) is 0.847. The molecule has 2 aromatic rings. The molecule has 2 N–H and O–H groups in total. The van der Waals surface area contributed by atoms with Crippen molar-refractivity contribution >= 4 is 5.69 Å². The van der Waals surface area contributed by atoms with Gasteiger partial charge in [-0.25, -0.2) is 0 Å². The molecule has 19 heavy (non-hydrogen) atoms. The Bertz CT molecular complexity index is 663. The Morgan fingerprint density at radius 1 is 1.00 bits per heavy atom. The Hall–Kier alpha value is -2.98. The van der Waals surface area contributed by atoms with E-state index in [-0.39, 0.29) is 6.61 Å². The van der Waals surface area contributed by atoms with Crippen LogP contribution in [0.5, 0.6) is 5.75 Å². The molecule has 4 heteroatoms. The summed E-state index contributed by atoms with van der Waals surface area (Å²) in [5.41, 5.74) is 8.15. The molecule has 0 aliphatic heterocycles. The van der Waals surface area contributed by atoms with Gasteiger partial charge in [-0.15, -0.1) is 0 Å². The van der Waals surface area contributed by atoms with Crippen LogP contribution >= 0.6 is 0 Å². The summed E-state index contributed by atoms with van der Waals surface area (Å²) in [4.78, 5) is 0. The Morgan fingerprint density at radius 3 is 2.37 bits per heavy atom. The van der Waals surface area contributed by atoms with Crippen molar-refractivity contribution in [2.24, 2.45) is 0 Å². The van der Waals surface area contributed by atoms with E-state index >= 15 is 0 Å². The summed E-state index contributed by atoms with van der Waals surface area (Å²) in [5, 5.41) is 17.7. The number of nitriles is 2. The highest BCUT2D eigenvalue weighted by atomic mass is 16.5. The van der Waals surface area contributed by atoms with Crippen LogP contribution in [0.25, 0.3) is 0 Å². The van der Waals surface area contributed by atoms with E-state index in [0.29, 0.717) is 22.6 Å². The van der Waals surface area contributed by atoms with Gasteiger partial charge in [0.05, 0.1) is 23.3 Å². The highest BCUT2D eigenvalue weighted by Crippen LogP contribution is 2.17. The van der Waals surface area contributed by atoms with Crippen molar-refractivity contribution in [3.8, 4) is 17.9 Å². The standard InChI is InChI=1S/C15H11N3O/c16-8-11-1-5-15(6-2-11)19-10-13-7-14(18)4-3-12(13)9-17/h1-7H,10,18H2. The van der Waals surface area contributed by atoms with Crippen LogP contribution in [0.15, 0.2) is 42.5 Å². The lowest BCUT2D eigenvalue weighted by atomic mass is 10.1. The van der Waals surface area contributed by atoms with E-state index in [1.165, 1.54) is 0 Å². The van der Waals surface area contributed by atoms with Gasteiger partial charge < -0.3 is 10.5 Å². The van der Waals surface area contributed by atoms with Crippen LogP contribution in [0.4, 0.5) is 5.69 Å². The molecule has 0 aromatic heterocycles. The van der Waals surface area contributed by atoms with Crippen molar-refractivity contribution in [1.82, 2.24) is 0 Å². The van der Waals surface area contributed by atoms with Crippen LogP contribution < -0.4 is 10.5 Å². The van der Waals surface area contributed by atoms with Crippen molar-refractivity contribution in [1.29, 1.82) is 10.5 Å². The zero-order valence-electron chi connectivity index (χ0n) is 10.1. The first kappa shape index (κ1) is 12.5. The van der Waals surface area contributed by atoms with Gasteiger partial charge in [0.15, 0.2) is 0 Å². The normalized spacial score (nSPS) is 9.37. The van der Waals surface area contributed by atoms with E-state index in [9.17, 15) is 0 Å². The van der Waals surface area contributed by atoms with Gasteiger partial charge in [0.1, 0.15) is 12.4 Å². The van der Waals surface area contributed by atoms with E-state index < -0.39 is 0 Å². The predicted octanol–water partition coefficient (Wildman–Crippen LogP) is 2.59. The highest BCUT2D eigenvalue weighted by Gasteiger charge is 2.04. The molecule has 92 valence electrons. The molecule has 4 nitrogen and oxygen atoms in total. The zero-order valence-corrected chi connectivity index (χ0v) is 10.1. The van der Waals surface area contributed by atoms with Gasteiger partial charge in [-0.1, -0.05) is 0 Å². The maximum atomic E-state index is 8.99. The van der Waals surface area contributed by atoms with Crippen molar-refractivity contribution < 1.29 is 4.74 Å². The van der Waals surface area contributed by atoms with Gasteiger partial charge >= 0.3 is 0 Å². The zero-order chi connectivity index (χ0) is 13.7. The van der Waals surface area contributed by atoms with Crippen molar-refractivity contribution in [3.05, 3.63) is 59.2 Å². The smallest absolute Gasteiger partial charge is 0.119 e. The summed E-state index contributed by atoms with van der Waals surface area (Å²) in [6.45, 7) is 0.264. The van der Waals surface area contributed by atoms with Gasteiger partial charge in [-0.3, -0.25) is 0 Å². The average Bonchev–Trinajstić information content (AvgIpc) is 2.46. The first-order valence-corrected chi connectivity index (χ1v) is 5.64. The molecule has 0 saturated carbocycles. The molecule has 0 amide bonds. The summed E-state index contributed by atoms with van der Waals surface area (Å²) < 4.78 is 5.57. The van der Waals surface area contributed by atoms with Gasteiger partial charge in [-0.05, 0) is 42.5 Å². The van der Waals surface area contributed by atoms with Crippen LogP contribution in [-0.2, 0) is 6.61 Å². The SMILES string of the molecule is N#Cc1ccc(OCc2cc(N)ccc2C#N)cc1. The first-order valence-electron chi connectivity index (χ1n) is 5.64. The fourth-order valence-electron chi connectivity index (χ4n) is 1.63. The number of hydrogen-bond acceptors (Lipinski definition) is 4. The molecule has 0 aliphatic rings. The minimum absolute atomic E-state index is 0.264. The van der Waals surface area contributed by atoms with Gasteiger partial charge in [0, 0.05) is 11.3 Å². The Kier molecular flexibility index (Phi) is 3.66. The Morgan fingerprint density at radius 2 is 1.74 bits per heavy atom. The second kappa shape index (κ2) is 5.57. The van der Waals surface area contributed by atoms with E-state index in [4.69, 9.17) is 21.0 Å². The molecule has 0 unspecified atom stereocenters. The third kappa shape index (κ3) is 3.02. The molecule has 0 fully saturated rings. The van der Waals surface area contributed by atoms with Gasteiger partial charge in [0.2, 0.25) is 0 Å². The predicted molar refractivity (Wildman–Crippen MR) is 71.1 cm³/mol. The molecule has 0 bridgehead atoms. The molecule has 0 aliphatic carbocycles. The van der Waals surface area contributed by atoms with Crippen molar-refractivity contribution in [3.63, 3.8) is 0 Å². The van der Waals surface area contributed by atoms with E-state index in [1.807, 2.05) is 6.07 Å². The lowest BCUT2D eigenvalue weighted by molar-refractivity contribution is 0.306. The molecule has 0 saturated heterocycles. The van der Waals surface area contributed by atoms with E-state index in [0.717, 1.165) is 5.56 Å². The third-order valence-corrected chi connectivity index (χ3v) is 2.63. The number of anilines is 1. The van der Waals surface area contributed by atoms with Crippen molar-refractivity contribution in [2.45, 2.75) is 6.61 Å². The summed E-state index contributed by atoms with van der Waals surface area (Å²) >= 11 is 0. The molecular weight excluding hydrogens is 238 g/mol. The Labute approximate surface area is 111 Å². The number of hydrogen-bond donors (Lipinski definition) is 1. The van der Waals surface area contributed by atoms with Crippen LogP contribution in [0.2, 0.25) is 0 Å². The largest absolute Gasteiger partial charge is 0.489 e. The number of ether oxygens (including phenoxy) is 1. The van der Waals surface area contributed by atoms with Gasteiger partial charge in [0.25, 0.3) is 0 Å². The summed E-state index contributed by atoms with van der Waals surface area (Å²) in [6.07, 6.45) is 0. The lowest BCUT2D eigenvalue weighted by Gasteiger charge is -2.08. The summed E-state index contributed by atoms with van der Waals surface area (Å²) in [5.74, 6) is 0.644. The number of benzene rings is 2. The van der Waals surface area contributed by atoms with Gasteiger partial charge in [-0.2, -0.15) is 10.5 Å². The average molecular weight is 249 g/mol. The minimum Gasteiger partial charge on any atom is -0.489 e. The maximum Gasteiger partial charge on any atom is 0.119 e. The Balaban J connectivity index is 2.12. The second-order valence-electron chi connectivity index (χ2n) is 3.95. The highest BCUT2D eigenvalue weighted by molar-refractivity contribution is 5.49. The molecule has 0 atom stereocenters. The first-order chi connectivity index (χ1) is 9.22. The fraction of sp³-hybridized carbons (Fsp3) is 0.0667. The fourth-order valence-corrected chi connectivity index (χ4v) is 1.63. The van der Waals surface area contributed by atoms with E-state index in [2.05, 4.69) is 6.07 Å². The van der Waals surface area contributed by atoms with Crippen LogP contribution in [0, 0.1) is 22.7 Å². The van der Waals surface area contributed by atoms with Crippen LogP contribution in [0.1, 0.15) is 16.7 Å².